The van der Waals surface area contributed by atoms with Crippen molar-refractivity contribution in [2.45, 2.75) is 43.7 Å². The smallest absolute Gasteiger partial charge is 0.247 e. The summed E-state index contributed by atoms with van der Waals surface area (Å²) in [6.45, 7) is 0.198. The average molecular weight is 557 g/mol. The van der Waals surface area contributed by atoms with Gasteiger partial charge in [-0.3, -0.25) is 9.59 Å². The molecule has 214 valence electrons. The summed E-state index contributed by atoms with van der Waals surface area (Å²) < 4.78 is 30.8. The molecule has 1 saturated heterocycles. The van der Waals surface area contributed by atoms with Gasteiger partial charge in [0, 0.05) is 30.8 Å². The molecule has 0 bridgehead atoms. The molecule has 4 N–H and O–H groups in total. The van der Waals surface area contributed by atoms with Crippen LogP contribution >= 0.6 is 0 Å². The van der Waals surface area contributed by atoms with E-state index in [9.17, 15) is 29.3 Å². The molecule has 0 saturated carbocycles. The van der Waals surface area contributed by atoms with Crippen LogP contribution in [-0.2, 0) is 27.5 Å². The molecule has 1 aliphatic carbocycles. The number of benzene rings is 2. The fourth-order valence-electron chi connectivity index (χ4n) is 5.70. The van der Waals surface area contributed by atoms with E-state index in [1.165, 1.54) is 24.1 Å². The summed E-state index contributed by atoms with van der Waals surface area (Å²) in [5.74, 6) is -1.62. The van der Waals surface area contributed by atoms with E-state index in [0.717, 1.165) is 0 Å². The van der Waals surface area contributed by atoms with Gasteiger partial charge in [0.15, 0.2) is 11.5 Å². The van der Waals surface area contributed by atoms with Crippen molar-refractivity contribution in [1.29, 1.82) is 0 Å². The minimum Gasteiger partial charge on any atom is -0.493 e. The first-order valence-corrected chi connectivity index (χ1v) is 13.3. The third-order valence-corrected chi connectivity index (χ3v) is 7.68. The normalized spacial score (nSPS) is 24.9. The van der Waals surface area contributed by atoms with Crippen molar-refractivity contribution in [1.82, 2.24) is 10.2 Å². The summed E-state index contributed by atoms with van der Waals surface area (Å²) in [6.07, 6.45) is -0.108. The first-order valence-electron chi connectivity index (χ1n) is 13.3. The zero-order chi connectivity index (χ0) is 28.4. The molecular weight excluding hydrogens is 523 g/mol. The van der Waals surface area contributed by atoms with Crippen LogP contribution in [0.2, 0.25) is 0 Å². The predicted molar refractivity (Wildman–Crippen MR) is 140 cm³/mol. The van der Waals surface area contributed by atoms with Gasteiger partial charge in [-0.05, 0) is 47.9 Å². The molecule has 0 radical (unpaired) electrons. The Morgan fingerprint density at radius 2 is 1.95 bits per heavy atom. The maximum atomic E-state index is 13.8. The van der Waals surface area contributed by atoms with E-state index in [4.69, 9.17) is 14.2 Å². The van der Waals surface area contributed by atoms with Crippen LogP contribution in [0.25, 0.3) is 0 Å². The molecule has 2 aliphatic heterocycles. The quantitative estimate of drug-likeness (QED) is 0.359. The standard InChI is InChI=1S/C29H33FN2O8/c1-38-23-11-17(14-34)10-20-24-21(28(36)31-7-8-33)12-22(25(35)27(24)40-26(20)23)32(29(37)18-6-9-39-15-18)13-16-2-4-19(30)5-3-16/h2-5,10-12,18,22,24-25,27,33-35H,6-9,13-15H2,1H3,(H,31,36)/t18?,22-,24+,25+,27+/m1/s1. The minimum atomic E-state index is -1.25. The molecule has 10 nitrogen and oxygen atoms in total. The largest absolute Gasteiger partial charge is 0.493 e. The number of nitrogens with zero attached hydrogens (tertiary/aromatic N) is 1. The van der Waals surface area contributed by atoms with Gasteiger partial charge in [0.05, 0.1) is 44.8 Å². The van der Waals surface area contributed by atoms with Gasteiger partial charge in [-0.1, -0.05) is 12.1 Å². The maximum absolute atomic E-state index is 13.8. The van der Waals surface area contributed by atoms with Crippen molar-refractivity contribution in [2.24, 2.45) is 5.92 Å². The Bertz CT molecular complexity index is 1280. The van der Waals surface area contributed by atoms with Crippen molar-refractivity contribution < 1.29 is 43.5 Å². The van der Waals surface area contributed by atoms with Gasteiger partial charge in [-0.25, -0.2) is 4.39 Å². The first-order chi connectivity index (χ1) is 19.4. The van der Waals surface area contributed by atoms with E-state index in [0.29, 0.717) is 41.2 Å². The van der Waals surface area contributed by atoms with Crippen LogP contribution in [0.4, 0.5) is 4.39 Å². The predicted octanol–water partition coefficient (Wildman–Crippen LogP) is 1.01. The maximum Gasteiger partial charge on any atom is 0.247 e. The Labute approximate surface area is 231 Å². The number of aliphatic hydroxyl groups excluding tert-OH is 3. The van der Waals surface area contributed by atoms with E-state index in [1.54, 1.807) is 30.3 Å². The number of carbonyl (C=O) groups excluding carboxylic acids is 2. The number of rotatable bonds is 9. The van der Waals surface area contributed by atoms with Crippen LogP contribution in [0.3, 0.4) is 0 Å². The summed E-state index contributed by atoms with van der Waals surface area (Å²) in [6, 6.07) is 8.11. The number of hydrogen-bond acceptors (Lipinski definition) is 8. The average Bonchev–Trinajstić information content (AvgIpc) is 3.64. The van der Waals surface area contributed by atoms with Crippen molar-refractivity contribution in [3.05, 3.63) is 70.6 Å². The summed E-state index contributed by atoms with van der Waals surface area (Å²) in [4.78, 5) is 28.8. The van der Waals surface area contributed by atoms with Crippen molar-refractivity contribution in [3.63, 3.8) is 0 Å². The lowest BCUT2D eigenvalue weighted by Gasteiger charge is -2.41. The van der Waals surface area contributed by atoms with E-state index < -0.39 is 41.8 Å². The Balaban J connectivity index is 1.59. The van der Waals surface area contributed by atoms with Gasteiger partial charge >= 0.3 is 0 Å². The van der Waals surface area contributed by atoms with E-state index in [-0.39, 0.29) is 44.4 Å². The van der Waals surface area contributed by atoms with Gasteiger partial charge in [0.25, 0.3) is 0 Å². The molecule has 2 aromatic rings. The fraction of sp³-hybridized carbons (Fsp3) is 0.448. The third-order valence-electron chi connectivity index (χ3n) is 7.68. The van der Waals surface area contributed by atoms with Crippen LogP contribution in [-0.4, -0.2) is 83.8 Å². The Kier molecular flexibility index (Phi) is 8.36. The fourth-order valence-corrected chi connectivity index (χ4v) is 5.70. The lowest BCUT2D eigenvalue weighted by Crippen LogP contribution is -2.56. The summed E-state index contributed by atoms with van der Waals surface area (Å²) in [7, 11) is 1.46. The molecule has 5 rings (SSSR count). The minimum absolute atomic E-state index is 0.00608. The number of halogens is 1. The SMILES string of the molecule is COc1cc(CO)cc2c1O[C@@H]1[C@@H](O)[C@H](N(Cc3ccc(F)cc3)C(=O)C3CCOC3)C=C(C(=O)NCCO)[C@H]21. The molecule has 40 heavy (non-hydrogen) atoms. The van der Waals surface area contributed by atoms with Gasteiger partial charge in [0.1, 0.15) is 18.0 Å². The molecule has 1 fully saturated rings. The number of carbonyl (C=O) groups is 2. The highest BCUT2D eigenvalue weighted by Crippen LogP contribution is 2.51. The van der Waals surface area contributed by atoms with E-state index in [2.05, 4.69) is 5.32 Å². The molecule has 0 spiro atoms. The van der Waals surface area contributed by atoms with Crippen LogP contribution in [0.5, 0.6) is 11.5 Å². The number of hydrogen-bond donors (Lipinski definition) is 4. The van der Waals surface area contributed by atoms with Gasteiger partial charge in [0.2, 0.25) is 11.8 Å². The summed E-state index contributed by atoms with van der Waals surface area (Å²) in [5.41, 5.74) is 2.01. The molecule has 2 amide bonds. The lowest BCUT2D eigenvalue weighted by molar-refractivity contribution is -0.142. The van der Waals surface area contributed by atoms with Crippen LogP contribution < -0.4 is 14.8 Å². The first kappa shape index (κ1) is 28.0. The molecule has 3 aliphatic rings. The number of methoxy groups -OCH3 is 1. The molecule has 2 aromatic carbocycles. The Morgan fingerprint density at radius 3 is 2.60 bits per heavy atom. The lowest BCUT2D eigenvalue weighted by atomic mass is 9.77. The summed E-state index contributed by atoms with van der Waals surface area (Å²) in [5, 5.41) is 33.6. The highest BCUT2D eigenvalue weighted by atomic mass is 19.1. The molecule has 11 heteroatoms. The highest BCUT2D eigenvalue weighted by Gasteiger charge is 2.52. The Hall–Kier alpha value is -3.51. The van der Waals surface area contributed by atoms with E-state index >= 15 is 0 Å². The third kappa shape index (κ3) is 5.29. The van der Waals surface area contributed by atoms with Crippen molar-refractivity contribution in [3.8, 4) is 11.5 Å². The van der Waals surface area contributed by atoms with Gasteiger partial charge in [-0.15, -0.1) is 0 Å². The van der Waals surface area contributed by atoms with Crippen molar-refractivity contribution in [2.75, 3.05) is 33.5 Å². The zero-order valence-corrected chi connectivity index (χ0v) is 22.1. The monoisotopic (exact) mass is 556 g/mol. The van der Waals surface area contributed by atoms with Crippen molar-refractivity contribution >= 4 is 11.8 Å². The van der Waals surface area contributed by atoms with E-state index in [1.807, 2.05) is 0 Å². The molecular formula is C29H33FN2O8. The second-order valence-electron chi connectivity index (χ2n) is 10.2. The second kappa shape index (κ2) is 11.9. The molecule has 0 aromatic heterocycles. The number of amides is 2. The zero-order valence-electron chi connectivity index (χ0n) is 22.1. The molecule has 1 unspecified atom stereocenters. The second-order valence-corrected chi connectivity index (χ2v) is 10.2. The van der Waals surface area contributed by atoms with Gasteiger partial charge < -0.3 is 39.7 Å². The molecule has 2 heterocycles. The number of nitrogens with one attached hydrogen (secondary N) is 1. The van der Waals surface area contributed by atoms with Crippen LogP contribution in [0.15, 0.2) is 48.0 Å². The van der Waals surface area contributed by atoms with Crippen LogP contribution in [0, 0.1) is 11.7 Å². The highest BCUT2D eigenvalue weighted by molar-refractivity contribution is 5.96. The number of fused-ring (bicyclic) bond motifs is 3. The Morgan fingerprint density at radius 1 is 1.18 bits per heavy atom. The topological polar surface area (TPSA) is 138 Å². The van der Waals surface area contributed by atoms with Gasteiger partial charge in [-0.2, -0.15) is 0 Å². The number of ether oxygens (including phenoxy) is 3. The van der Waals surface area contributed by atoms with Crippen LogP contribution in [0.1, 0.15) is 29.0 Å². The summed E-state index contributed by atoms with van der Waals surface area (Å²) >= 11 is 0. The molecule has 5 atom stereocenters. The number of aliphatic hydroxyl groups is 3.